The van der Waals surface area contributed by atoms with E-state index in [0.717, 1.165) is 19.3 Å². The number of hydrogen-bond donors (Lipinski definition) is 2. The molecular formula is C17H23N3O2. The predicted molar refractivity (Wildman–Crippen MR) is 84.5 cm³/mol. The summed E-state index contributed by atoms with van der Waals surface area (Å²) in [6.07, 6.45) is 3.39. The van der Waals surface area contributed by atoms with Gasteiger partial charge < -0.3 is 10.6 Å². The number of carbonyl (C=O) groups is 2. The molecule has 1 aliphatic carbocycles. The highest BCUT2D eigenvalue weighted by Crippen LogP contribution is 2.40. The molecule has 0 spiro atoms. The Kier molecular flexibility index (Phi) is 4.16. The average molecular weight is 301 g/mol. The van der Waals surface area contributed by atoms with Gasteiger partial charge in [-0.25, -0.2) is 4.79 Å². The van der Waals surface area contributed by atoms with Crippen LogP contribution < -0.4 is 10.6 Å². The van der Waals surface area contributed by atoms with Gasteiger partial charge in [0.05, 0.1) is 6.54 Å². The molecule has 2 fully saturated rings. The molecule has 2 aliphatic rings. The molecular weight excluding hydrogens is 278 g/mol. The molecule has 0 bridgehead atoms. The molecule has 22 heavy (non-hydrogen) atoms. The van der Waals surface area contributed by atoms with E-state index in [1.807, 2.05) is 0 Å². The zero-order valence-corrected chi connectivity index (χ0v) is 13.0. The highest BCUT2D eigenvalue weighted by atomic mass is 16.2. The van der Waals surface area contributed by atoms with E-state index in [0.29, 0.717) is 19.1 Å². The normalized spacial score (nSPS) is 28.2. The van der Waals surface area contributed by atoms with E-state index in [-0.39, 0.29) is 23.9 Å². The van der Waals surface area contributed by atoms with Gasteiger partial charge in [0.2, 0.25) is 5.91 Å². The minimum atomic E-state index is -0.271. The topological polar surface area (TPSA) is 61.4 Å². The zero-order valence-electron chi connectivity index (χ0n) is 13.0. The van der Waals surface area contributed by atoms with E-state index in [1.54, 1.807) is 0 Å². The molecule has 2 atom stereocenters. The highest BCUT2D eigenvalue weighted by molar-refractivity contribution is 6.01. The Morgan fingerprint density at radius 1 is 1.32 bits per heavy atom. The molecule has 118 valence electrons. The Morgan fingerprint density at radius 2 is 2.09 bits per heavy atom. The molecule has 3 rings (SSSR count). The van der Waals surface area contributed by atoms with Gasteiger partial charge in [0.1, 0.15) is 0 Å². The molecule has 0 unspecified atom stereocenters. The van der Waals surface area contributed by atoms with E-state index in [2.05, 4.69) is 47.9 Å². The van der Waals surface area contributed by atoms with Crippen molar-refractivity contribution in [3.63, 3.8) is 0 Å². The lowest BCUT2D eigenvalue weighted by atomic mass is 9.81. The minimum absolute atomic E-state index is 0.132. The maximum absolute atomic E-state index is 11.5. The summed E-state index contributed by atoms with van der Waals surface area (Å²) in [6, 6.07) is 10.8. The van der Waals surface area contributed by atoms with Gasteiger partial charge in [-0.1, -0.05) is 37.3 Å². The van der Waals surface area contributed by atoms with E-state index < -0.39 is 0 Å². The quantitative estimate of drug-likeness (QED) is 0.813. The maximum Gasteiger partial charge on any atom is 0.324 e. The van der Waals surface area contributed by atoms with E-state index in [4.69, 9.17) is 0 Å². The fourth-order valence-electron chi connectivity index (χ4n) is 3.58. The Hall–Kier alpha value is -1.88. The van der Waals surface area contributed by atoms with Gasteiger partial charge in [-0.2, -0.15) is 0 Å². The highest BCUT2D eigenvalue weighted by Gasteiger charge is 2.36. The van der Waals surface area contributed by atoms with E-state index >= 15 is 0 Å². The predicted octanol–water partition coefficient (Wildman–Crippen LogP) is 1.64. The smallest absolute Gasteiger partial charge is 0.324 e. The van der Waals surface area contributed by atoms with Gasteiger partial charge in [-0.3, -0.25) is 9.69 Å². The van der Waals surface area contributed by atoms with Crippen LogP contribution in [0.4, 0.5) is 4.79 Å². The lowest BCUT2D eigenvalue weighted by Crippen LogP contribution is -2.39. The summed E-state index contributed by atoms with van der Waals surface area (Å²) in [6.45, 7) is 3.56. The summed E-state index contributed by atoms with van der Waals surface area (Å²) in [5, 5.41) is 6.04. The van der Waals surface area contributed by atoms with Gasteiger partial charge in [0.15, 0.2) is 0 Å². The van der Waals surface area contributed by atoms with Gasteiger partial charge in [-0.15, -0.1) is 0 Å². The Labute approximate surface area is 131 Å². The first-order chi connectivity index (χ1) is 10.6. The van der Waals surface area contributed by atoms with Crippen LogP contribution in [-0.4, -0.2) is 42.5 Å². The van der Waals surface area contributed by atoms with Crippen molar-refractivity contribution in [3.8, 4) is 0 Å². The van der Waals surface area contributed by atoms with Crippen LogP contribution in [-0.2, 0) is 10.2 Å². The van der Waals surface area contributed by atoms with Crippen LogP contribution in [0.25, 0.3) is 0 Å². The Balaban J connectivity index is 1.49. The fourth-order valence-corrected chi connectivity index (χ4v) is 3.58. The van der Waals surface area contributed by atoms with Crippen molar-refractivity contribution in [1.82, 2.24) is 15.5 Å². The molecule has 1 saturated carbocycles. The third-order valence-corrected chi connectivity index (χ3v) is 4.92. The van der Waals surface area contributed by atoms with Crippen LogP contribution >= 0.6 is 0 Å². The van der Waals surface area contributed by atoms with Crippen LogP contribution in [0.3, 0.4) is 0 Å². The van der Waals surface area contributed by atoms with E-state index in [1.165, 1.54) is 10.5 Å². The first kappa shape index (κ1) is 15.0. The Morgan fingerprint density at radius 3 is 2.77 bits per heavy atom. The van der Waals surface area contributed by atoms with Gasteiger partial charge in [0, 0.05) is 19.1 Å². The van der Waals surface area contributed by atoms with Gasteiger partial charge in [0.25, 0.3) is 0 Å². The number of urea groups is 1. The second kappa shape index (κ2) is 6.08. The summed E-state index contributed by atoms with van der Waals surface area (Å²) in [5.74, 6) is -0.132. The van der Waals surface area contributed by atoms with Crippen molar-refractivity contribution < 1.29 is 9.59 Å². The lowest BCUT2D eigenvalue weighted by molar-refractivity contribution is -0.124. The number of nitrogens with zero attached hydrogens (tertiary/aromatic N) is 1. The van der Waals surface area contributed by atoms with Crippen LogP contribution in [0.2, 0.25) is 0 Å². The first-order valence-electron chi connectivity index (χ1n) is 7.96. The second-order valence-electron chi connectivity index (χ2n) is 6.52. The molecule has 1 heterocycles. The molecule has 0 aromatic heterocycles. The third-order valence-electron chi connectivity index (χ3n) is 4.92. The molecule has 1 aromatic rings. The number of imide groups is 1. The molecule has 0 radical (unpaired) electrons. The van der Waals surface area contributed by atoms with Crippen molar-refractivity contribution in [2.24, 2.45) is 0 Å². The van der Waals surface area contributed by atoms with Crippen LogP contribution in [0, 0.1) is 0 Å². The number of benzene rings is 1. The number of rotatable bonds is 5. The molecule has 2 N–H and O–H groups in total. The monoisotopic (exact) mass is 301 g/mol. The summed E-state index contributed by atoms with van der Waals surface area (Å²) in [7, 11) is 0. The third kappa shape index (κ3) is 2.99. The summed E-state index contributed by atoms with van der Waals surface area (Å²) < 4.78 is 0. The lowest BCUT2D eigenvalue weighted by Gasteiger charge is -2.25. The van der Waals surface area contributed by atoms with E-state index in [9.17, 15) is 9.59 Å². The van der Waals surface area contributed by atoms with Gasteiger partial charge in [-0.05, 0) is 30.2 Å². The largest absolute Gasteiger partial charge is 0.329 e. The van der Waals surface area contributed by atoms with Crippen molar-refractivity contribution in [1.29, 1.82) is 0 Å². The number of amides is 3. The summed E-state index contributed by atoms with van der Waals surface area (Å²) >= 11 is 0. The van der Waals surface area contributed by atoms with Crippen molar-refractivity contribution in [2.45, 2.75) is 37.6 Å². The number of nitrogens with one attached hydrogen (secondary N) is 2. The van der Waals surface area contributed by atoms with Crippen molar-refractivity contribution in [3.05, 3.63) is 35.9 Å². The first-order valence-corrected chi connectivity index (χ1v) is 7.96. The molecule has 5 nitrogen and oxygen atoms in total. The van der Waals surface area contributed by atoms with Crippen molar-refractivity contribution >= 4 is 11.9 Å². The van der Waals surface area contributed by atoms with Crippen molar-refractivity contribution in [2.75, 3.05) is 19.6 Å². The number of hydrogen-bond acceptors (Lipinski definition) is 3. The maximum atomic E-state index is 11.5. The zero-order chi connectivity index (χ0) is 15.6. The average Bonchev–Trinajstić information content (AvgIpc) is 3.06. The van der Waals surface area contributed by atoms with Gasteiger partial charge >= 0.3 is 6.03 Å². The Bertz CT molecular complexity index is 544. The van der Waals surface area contributed by atoms with Crippen LogP contribution in [0.5, 0.6) is 0 Å². The van der Waals surface area contributed by atoms with Crippen LogP contribution in [0.15, 0.2) is 30.3 Å². The second-order valence-corrected chi connectivity index (χ2v) is 6.52. The van der Waals surface area contributed by atoms with Crippen LogP contribution in [0.1, 0.15) is 31.7 Å². The minimum Gasteiger partial charge on any atom is -0.329 e. The molecule has 1 aliphatic heterocycles. The SMILES string of the molecule is C[C@]1(c2ccccc2)CC[C@@H](NCCN2C(=O)CNC2=O)C1. The summed E-state index contributed by atoms with van der Waals surface area (Å²) in [4.78, 5) is 24.3. The molecule has 3 amide bonds. The molecule has 1 saturated heterocycles. The standard InChI is InChI=1S/C17H23N3O2/c1-17(13-5-3-2-4-6-13)8-7-14(11-17)18-9-10-20-15(21)12-19-16(20)22/h2-6,14,18H,7-12H2,1H3,(H,19,22)/t14-,17+/m1/s1. The molecule has 5 heteroatoms. The fraction of sp³-hybridized carbons (Fsp3) is 0.529. The number of carbonyl (C=O) groups excluding carboxylic acids is 2. The summed E-state index contributed by atoms with van der Waals surface area (Å²) in [5.41, 5.74) is 1.62. The molecule has 1 aromatic carbocycles.